The van der Waals surface area contributed by atoms with Crippen molar-refractivity contribution in [1.29, 1.82) is 0 Å². The van der Waals surface area contributed by atoms with Crippen molar-refractivity contribution < 1.29 is 4.79 Å². The summed E-state index contributed by atoms with van der Waals surface area (Å²) in [5.74, 6) is -0.255. The van der Waals surface area contributed by atoms with Crippen LogP contribution < -0.4 is 10.6 Å². The Labute approximate surface area is 133 Å². The van der Waals surface area contributed by atoms with Crippen molar-refractivity contribution in [2.24, 2.45) is 11.7 Å². The Hall–Kier alpha value is -2.18. The Morgan fingerprint density at radius 1 is 1.50 bits per heavy atom. The van der Waals surface area contributed by atoms with Gasteiger partial charge in [-0.1, -0.05) is 23.8 Å². The predicted molar refractivity (Wildman–Crippen MR) is 85.0 cm³/mol. The number of nitrogens with two attached hydrogens (primary N) is 1. The fourth-order valence-corrected chi connectivity index (χ4v) is 2.73. The summed E-state index contributed by atoms with van der Waals surface area (Å²) < 4.78 is 1.60. The molecular formula is C15H16ClN5O. The Morgan fingerprint density at radius 2 is 2.32 bits per heavy atom. The summed E-state index contributed by atoms with van der Waals surface area (Å²) in [6.45, 7) is 0. The molecule has 7 heteroatoms. The number of anilines is 1. The zero-order valence-electron chi connectivity index (χ0n) is 12.1. The highest BCUT2D eigenvalue weighted by Crippen LogP contribution is 2.28. The van der Waals surface area contributed by atoms with Crippen molar-refractivity contribution in [3.05, 3.63) is 48.0 Å². The molecule has 0 radical (unpaired) electrons. The molecule has 2 aromatic heterocycles. The van der Waals surface area contributed by atoms with Gasteiger partial charge in [0.15, 0.2) is 5.15 Å². The predicted octanol–water partition coefficient (Wildman–Crippen LogP) is 1.79. The van der Waals surface area contributed by atoms with Gasteiger partial charge in [-0.05, 0) is 18.6 Å². The van der Waals surface area contributed by atoms with E-state index >= 15 is 0 Å². The van der Waals surface area contributed by atoms with Crippen LogP contribution in [0.4, 0.5) is 5.69 Å². The van der Waals surface area contributed by atoms with Crippen LogP contribution in [0.3, 0.4) is 0 Å². The molecule has 2 atom stereocenters. The van der Waals surface area contributed by atoms with Crippen molar-refractivity contribution >= 4 is 23.2 Å². The standard InChI is InChI=1S/C15H16ClN5O/c1-20(15(22)10-4-5-11(17)7-10)13-9-21(19-14(13)16)12-3-2-6-18-8-12/h2-6,8-11H,7,17H2,1H3. The van der Waals surface area contributed by atoms with Crippen molar-refractivity contribution in [2.75, 3.05) is 11.9 Å². The first kappa shape index (κ1) is 14.7. The summed E-state index contributed by atoms with van der Waals surface area (Å²) in [4.78, 5) is 18.1. The molecule has 2 unspecified atom stereocenters. The monoisotopic (exact) mass is 317 g/mol. The quantitative estimate of drug-likeness (QED) is 0.876. The van der Waals surface area contributed by atoms with Crippen LogP contribution in [0.25, 0.3) is 5.69 Å². The average molecular weight is 318 g/mol. The van der Waals surface area contributed by atoms with Crippen LogP contribution in [0.15, 0.2) is 42.9 Å². The molecule has 1 aliphatic carbocycles. The van der Waals surface area contributed by atoms with Crippen LogP contribution in [0, 0.1) is 5.92 Å². The number of rotatable bonds is 3. The van der Waals surface area contributed by atoms with E-state index in [1.54, 1.807) is 30.3 Å². The molecule has 0 fully saturated rings. The minimum atomic E-state index is -0.210. The molecular weight excluding hydrogens is 302 g/mol. The van der Waals surface area contributed by atoms with E-state index in [1.807, 2.05) is 24.3 Å². The maximum Gasteiger partial charge on any atom is 0.233 e. The second kappa shape index (κ2) is 5.90. The van der Waals surface area contributed by atoms with Gasteiger partial charge in [-0.3, -0.25) is 9.78 Å². The molecule has 2 aromatic rings. The summed E-state index contributed by atoms with van der Waals surface area (Å²) >= 11 is 6.18. The molecule has 0 aliphatic heterocycles. The van der Waals surface area contributed by atoms with Gasteiger partial charge >= 0.3 is 0 Å². The Balaban J connectivity index is 1.84. The first-order valence-corrected chi connectivity index (χ1v) is 7.31. The molecule has 0 saturated carbocycles. The number of aromatic nitrogens is 3. The summed E-state index contributed by atoms with van der Waals surface area (Å²) in [6.07, 6.45) is 9.40. The largest absolute Gasteiger partial charge is 0.324 e. The molecule has 0 aromatic carbocycles. The van der Waals surface area contributed by atoms with E-state index in [-0.39, 0.29) is 23.0 Å². The van der Waals surface area contributed by atoms with E-state index in [1.165, 1.54) is 4.90 Å². The molecule has 0 spiro atoms. The molecule has 1 amide bonds. The third kappa shape index (κ3) is 2.75. The minimum absolute atomic E-state index is 0.0446. The van der Waals surface area contributed by atoms with E-state index in [9.17, 15) is 4.79 Å². The van der Waals surface area contributed by atoms with Gasteiger partial charge < -0.3 is 10.6 Å². The maximum atomic E-state index is 12.5. The van der Waals surface area contributed by atoms with Crippen LogP contribution in [-0.2, 0) is 4.79 Å². The molecule has 22 heavy (non-hydrogen) atoms. The Morgan fingerprint density at radius 3 is 2.95 bits per heavy atom. The van der Waals surface area contributed by atoms with Crippen LogP contribution in [0.1, 0.15) is 6.42 Å². The smallest absolute Gasteiger partial charge is 0.233 e. The molecule has 0 saturated heterocycles. The average Bonchev–Trinajstić information content (AvgIpc) is 3.13. The number of hydrogen-bond donors (Lipinski definition) is 1. The fourth-order valence-electron chi connectivity index (χ4n) is 2.47. The number of nitrogens with zero attached hydrogens (tertiary/aromatic N) is 4. The lowest BCUT2D eigenvalue weighted by atomic mass is 10.1. The lowest BCUT2D eigenvalue weighted by molar-refractivity contribution is -0.120. The van der Waals surface area contributed by atoms with Crippen molar-refractivity contribution in [3.63, 3.8) is 0 Å². The Kier molecular flexibility index (Phi) is 3.96. The molecule has 3 rings (SSSR count). The molecule has 0 bridgehead atoms. The number of pyridine rings is 1. The van der Waals surface area contributed by atoms with E-state index in [0.717, 1.165) is 5.69 Å². The van der Waals surface area contributed by atoms with Crippen LogP contribution in [-0.4, -0.2) is 33.8 Å². The topological polar surface area (TPSA) is 77.0 Å². The molecule has 6 nitrogen and oxygen atoms in total. The number of carbonyl (C=O) groups excluding carboxylic acids is 1. The van der Waals surface area contributed by atoms with Crippen molar-refractivity contribution in [2.45, 2.75) is 12.5 Å². The van der Waals surface area contributed by atoms with E-state index < -0.39 is 0 Å². The summed E-state index contributed by atoms with van der Waals surface area (Å²) in [7, 11) is 1.69. The number of hydrogen-bond acceptors (Lipinski definition) is 4. The van der Waals surface area contributed by atoms with Gasteiger partial charge in [0.05, 0.1) is 24.0 Å². The van der Waals surface area contributed by atoms with E-state index in [0.29, 0.717) is 12.1 Å². The van der Waals surface area contributed by atoms with Gasteiger partial charge in [-0.2, -0.15) is 5.10 Å². The fraction of sp³-hybridized carbons (Fsp3) is 0.267. The van der Waals surface area contributed by atoms with Crippen LogP contribution in [0.5, 0.6) is 0 Å². The van der Waals surface area contributed by atoms with Gasteiger partial charge in [0.1, 0.15) is 5.69 Å². The van der Waals surface area contributed by atoms with Gasteiger partial charge in [-0.15, -0.1) is 0 Å². The van der Waals surface area contributed by atoms with Gasteiger partial charge in [0.25, 0.3) is 0 Å². The van der Waals surface area contributed by atoms with Crippen LogP contribution in [0.2, 0.25) is 5.15 Å². The normalized spacial score (nSPS) is 20.3. The number of halogens is 1. The highest BCUT2D eigenvalue weighted by Gasteiger charge is 2.28. The number of carbonyl (C=O) groups is 1. The highest BCUT2D eigenvalue weighted by molar-refractivity contribution is 6.32. The SMILES string of the molecule is CN(C(=O)C1C=CC(N)C1)c1cn(-c2cccnc2)nc1Cl. The van der Waals surface area contributed by atoms with Gasteiger partial charge in [0, 0.05) is 19.3 Å². The van der Waals surface area contributed by atoms with Gasteiger partial charge in [-0.25, -0.2) is 4.68 Å². The summed E-state index contributed by atoms with van der Waals surface area (Å²) in [6, 6.07) is 3.61. The summed E-state index contributed by atoms with van der Waals surface area (Å²) in [5.41, 5.74) is 7.14. The highest BCUT2D eigenvalue weighted by atomic mass is 35.5. The second-order valence-corrected chi connectivity index (χ2v) is 5.61. The lowest BCUT2D eigenvalue weighted by Gasteiger charge is -2.19. The second-order valence-electron chi connectivity index (χ2n) is 5.25. The molecule has 2 N–H and O–H groups in total. The third-order valence-corrected chi connectivity index (χ3v) is 3.96. The maximum absolute atomic E-state index is 12.5. The molecule has 114 valence electrons. The van der Waals surface area contributed by atoms with Gasteiger partial charge in [0.2, 0.25) is 5.91 Å². The molecule has 2 heterocycles. The third-order valence-electron chi connectivity index (χ3n) is 3.69. The van der Waals surface area contributed by atoms with Crippen LogP contribution >= 0.6 is 11.6 Å². The summed E-state index contributed by atoms with van der Waals surface area (Å²) in [5, 5.41) is 4.50. The molecule has 1 aliphatic rings. The van der Waals surface area contributed by atoms with E-state index in [2.05, 4.69) is 10.1 Å². The first-order chi connectivity index (χ1) is 10.6. The first-order valence-electron chi connectivity index (χ1n) is 6.93. The Bertz CT molecular complexity index is 712. The minimum Gasteiger partial charge on any atom is -0.324 e. The zero-order valence-corrected chi connectivity index (χ0v) is 12.8. The van der Waals surface area contributed by atoms with Crippen molar-refractivity contribution in [1.82, 2.24) is 14.8 Å². The lowest BCUT2D eigenvalue weighted by Crippen LogP contribution is -2.32. The zero-order chi connectivity index (χ0) is 15.7. The van der Waals surface area contributed by atoms with E-state index in [4.69, 9.17) is 17.3 Å². The van der Waals surface area contributed by atoms with Crippen molar-refractivity contribution in [3.8, 4) is 5.69 Å². The number of amides is 1.